The monoisotopic (exact) mass is 620 g/mol. The lowest BCUT2D eigenvalue weighted by molar-refractivity contribution is -0.115. The number of aliphatic imine (C=N–C) groups is 1. The molecule has 1 saturated heterocycles. The number of carbonyl (C=O) groups excluding carboxylic acids is 1. The Morgan fingerprint density at radius 2 is 1.71 bits per heavy atom. The zero-order valence-electron chi connectivity index (χ0n) is 15.3. The number of hydrogen-bond donors (Lipinski definition) is 1. The van der Waals surface area contributed by atoms with Crippen molar-refractivity contribution in [2.24, 2.45) is 4.99 Å². The zero-order valence-corrected chi connectivity index (χ0v) is 20.4. The summed E-state index contributed by atoms with van der Waals surface area (Å²) < 4.78 is 13.1. The highest BCUT2D eigenvalue weighted by Crippen LogP contribution is 2.32. The molecule has 1 aliphatic heterocycles. The first-order valence-electron chi connectivity index (χ1n) is 8.64. The van der Waals surface area contributed by atoms with Crippen molar-refractivity contribution in [1.29, 1.82) is 0 Å². The maximum Gasteiger partial charge on any atom is 0.264 e. The van der Waals surface area contributed by atoms with E-state index in [1.807, 2.05) is 56.3 Å². The Labute approximate surface area is 195 Å². The third-order valence-electron chi connectivity index (χ3n) is 3.64. The Kier molecular flexibility index (Phi) is 7.63. The van der Waals surface area contributed by atoms with E-state index in [9.17, 15) is 4.79 Å². The lowest BCUT2D eigenvalue weighted by Gasteiger charge is -2.09. The Morgan fingerprint density at radius 3 is 2.32 bits per heavy atom. The van der Waals surface area contributed by atoms with Crippen LogP contribution in [0.1, 0.15) is 19.4 Å². The minimum absolute atomic E-state index is 0.145. The minimum Gasteiger partial charge on any atom is -0.494 e. The van der Waals surface area contributed by atoms with Gasteiger partial charge in [0.2, 0.25) is 0 Å². The predicted molar refractivity (Wildman–Crippen MR) is 131 cm³/mol. The van der Waals surface area contributed by atoms with Crippen LogP contribution in [0.25, 0.3) is 6.08 Å². The zero-order chi connectivity index (χ0) is 20.1. The Morgan fingerprint density at radius 1 is 1.07 bits per heavy atom. The van der Waals surface area contributed by atoms with Crippen LogP contribution < -0.4 is 14.8 Å². The number of hydrogen-bond acceptors (Lipinski definition) is 5. The summed E-state index contributed by atoms with van der Waals surface area (Å²) in [7, 11) is 0. The first-order chi connectivity index (χ1) is 13.5. The van der Waals surface area contributed by atoms with Gasteiger partial charge in [0.15, 0.2) is 5.17 Å². The molecule has 0 atom stereocenters. The Balaban J connectivity index is 1.78. The van der Waals surface area contributed by atoms with E-state index in [4.69, 9.17) is 9.47 Å². The molecule has 0 radical (unpaired) electrons. The van der Waals surface area contributed by atoms with Gasteiger partial charge in [-0.25, -0.2) is 4.99 Å². The summed E-state index contributed by atoms with van der Waals surface area (Å²) >= 11 is 5.84. The fourth-order valence-corrected chi connectivity index (χ4v) is 5.45. The molecule has 1 N–H and O–H groups in total. The summed E-state index contributed by atoms with van der Waals surface area (Å²) in [6.45, 7) is 5.15. The molecule has 1 amide bonds. The van der Waals surface area contributed by atoms with E-state index in [1.165, 1.54) is 11.8 Å². The summed E-state index contributed by atoms with van der Waals surface area (Å²) in [6, 6.07) is 11.5. The quantitative estimate of drug-likeness (QED) is 0.339. The summed E-state index contributed by atoms with van der Waals surface area (Å²) in [5, 5.41) is 3.38. The van der Waals surface area contributed by atoms with Crippen LogP contribution in [0.4, 0.5) is 5.69 Å². The Hall–Kier alpha value is -1.27. The molecule has 1 fully saturated rings. The standard InChI is InChI=1S/C20H18I2N2O3S/c1-3-26-14-7-5-13(6-8-14)23-20-24-19(25)17(28-20)11-12-9-15(21)18(27-4-2)16(22)10-12/h5-11H,3-4H2,1-2H3,(H,23,24,25)/b17-11+. The molecule has 8 heteroatoms. The molecule has 2 aromatic carbocycles. The van der Waals surface area contributed by atoms with E-state index in [2.05, 4.69) is 55.5 Å². The van der Waals surface area contributed by atoms with Crippen molar-refractivity contribution in [3.63, 3.8) is 0 Å². The van der Waals surface area contributed by atoms with E-state index in [1.54, 1.807) is 0 Å². The number of amidine groups is 1. The summed E-state index contributed by atoms with van der Waals surface area (Å²) in [5.41, 5.74) is 1.72. The first-order valence-corrected chi connectivity index (χ1v) is 11.6. The molecule has 5 nitrogen and oxygen atoms in total. The van der Waals surface area contributed by atoms with Crippen molar-refractivity contribution in [3.8, 4) is 11.5 Å². The van der Waals surface area contributed by atoms with Gasteiger partial charge in [0.25, 0.3) is 5.91 Å². The van der Waals surface area contributed by atoms with Crippen LogP contribution in [0.15, 0.2) is 46.3 Å². The van der Waals surface area contributed by atoms with E-state index in [0.717, 1.165) is 29.9 Å². The van der Waals surface area contributed by atoms with Crippen LogP contribution in [0.3, 0.4) is 0 Å². The van der Waals surface area contributed by atoms with E-state index in [0.29, 0.717) is 23.3 Å². The van der Waals surface area contributed by atoms with Crippen LogP contribution in [-0.4, -0.2) is 24.3 Å². The van der Waals surface area contributed by atoms with Gasteiger partial charge < -0.3 is 14.8 Å². The van der Waals surface area contributed by atoms with Gasteiger partial charge in [-0.1, -0.05) is 0 Å². The maximum absolute atomic E-state index is 12.3. The molecule has 0 aliphatic carbocycles. The number of ether oxygens (including phenoxy) is 2. The van der Waals surface area contributed by atoms with E-state index < -0.39 is 0 Å². The number of rotatable bonds is 6. The van der Waals surface area contributed by atoms with Crippen LogP contribution >= 0.6 is 56.9 Å². The highest BCUT2D eigenvalue weighted by Gasteiger charge is 2.24. The van der Waals surface area contributed by atoms with Gasteiger partial charge in [0.1, 0.15) is 11.5 Å². The van der Waals surface area contributed by atoms with Crippen LogP contribution in [-0.2, 0) is 4.79 Å². The molecule has 0 saturated carbocycles. The molecular formula is C20H18I2N2O3S. The largest absolute Gasteiger partial charge is 0.494 e. The molecule has 0 spiro atoms. The van der Waals surface area contributed by atoms with E-state index >= 15 is 0 Å². The van der Waals surface area contributed by atoms with Crippen LogP contribution in [0.5, 0.6) is 11.5 Å². The second-order valence-electron chi connectivity index (χ2n) is 5.66. The van der Waals surface area contributed by atoms with Crippen molar-refractivity contribution in [1.82, 2.24) is 5.32 Å². The molecule has 0 unspecified atom stereocenters. The molecule has 0 bridgehead atoms. The van der Waals surface area contributed by atoms with Gasteiger partial charge in [-0.15, -0.1) is 0 Å². The second-order valence-corrected chi connectivity index (χ2v) is 9.01. The third kappa shape index (κ3) is 5.41. The van der Waals surface area contributed by atoms with Crippen molar-refractivity contribution >= 4 is 79.8 Å². The summed E-state index contributed by atoms with van der Waals surface area (Å²) in [4.78, 5) is 17.4. The SMILES string of the molecule is CCOc1ccc(N=C2NC(=O)/C(=C\c3cc(I)c(OCC)c(I)c3)S2)cc1. The van der Waals surface area contributed by atoms with Crippen LogP contribution in [0, 0.1) is 7.14 Å². The molecule has 1 aliphatic rings. The number of nitrogens with zero attached hydrogens (tertiary/aromatic N) is 1. The molecule has 3 rings (SSSR count). The molecule has 146 valence electrons. The highest BCUT2D eigenvalue weighted by atomic mass is 127. The highest BCUT2D eigenvalue weighted by molar-refractivity contribution is 14.1. The number of thioether (sulfide) groups is 1. The number of amides is 1. The minimum atomic E-state index is -0.145. The van der Waals surface area contributed by atoms with Crippen molar-refractivity contribution in [2.45, 2.75) is 13.8 Å². The van der Waals surface area contributed by atoms with Gasteiger partial charge >= 0.3 is 0 Å². The normalized spacial score (nSPS) is 16.5. The van der Waals surface area contributed by atoms with Gasteiger partial charge in [-0.2, -0.15) is 0 Å². The number of carbonyl (C=O) groups is 1. The molecule has 28 heavy (non-hydrogen) atoms. The van der Waals surface area contributed by atoms with Crippen LogP contribution in [0.2, 0.25) is 0 Å². The topological polar surface area (TPSA) is 59.9 Å². The molecule has 1 heterocycles. The van der Waals surface area contributed by atoms with Crippen molar-refractivity contribution in [3.05, 3.63) is 54.0 Å². The number of nitrogens with one attached hydrogen (secondary N) is 1. The molecular weight excluding hydrogens is 602 g/mol. The average molecular weight is 620 g/mol. The Bertz CT molecular complexity index is 920. The summed E-state index contributed by atoms with van der Waals surface area (Å²) in [5.74, 6) is 1.54. The van der Waals surface area contributed by atoms with Crippen molar-refractivity contribution in [2.75, 3.05) is 13.2 Å². The fraction of sp³-hybridized carbons (Fsp3) is 0.200. The second kappa shape index (κ2) is 9.97. The molecule has 2 aromatic rings. The van der Waals surface area contributed by atoms with E-state index in [-0.39, 0.29) is 5.91 Å². The number of benzene rings is 2. The summed E-state index contributed by atoms with van der Waals surface area (Å²) in [6.07, 6.45) is 1.88. The maximum atomic E-state index is 12.3. The average Bonchev–Trinajstić information content (AvgIpc) is 2.99. The fourth-order valence-electron chi connectivity index (χ4n) is 2.48. The first kappa shape index (κ1) is 21.4. The third-order valence-corrected chi connectivity index (χ3v) is 6.15. The van der Waals surface area contributed by atoms with Gasteiger partial charge in [-0.05, 0) is 119 Å². The number of halogens is 2. The lowest BCUT2D eigenvalue weighted by Crippen LogP contribution is -2.19. The van der Waals surface area contributed by atoms with Crippen molar-refractivity contribution < 1.29 is 14.3 Å². The lowest BCUT2D eigenvalue weighted by atomic mass is 10.2. The van der Waals surface area contributed by atoms with Gasteiger partial charge in [0.05, 0.1) is 30.9 Å². The molecule has 0 aromatic heterocycles. The smallest absolute Gasteiger partial charge is 0.264 e. The predicted octanol–water partition coefficient (Wildman–Crippen LogP) is 5.58. The van der Waals surface area contributed by atoms with Gasteiger partial charge in [0, 0.05) is 0 Å². The van der Waals surface area contributed by atoms with Gasteiger partial charge in [-0.3, -0.25) is 4.79 Å².